The lowest BCUT2D eigenvalue weighted by Crippen LogP contribution is -2.37. The van der Waals surface area contributed by atoms with Gasteiger partial charge >= 0.3 is 6.03 Å². The zero-order valence-electron chi connectivity index (χ0n) is 20.6. The fraction of sp³-hybridized carbons (Fsp3) is 0.346. The Morgan fingerprint density at radius 1 is 1.16 bits per heavy atom. The van der Waals surface area contributed by atoms with Crippen molar-refractivity contribution in [3.05, 3.63) is 54.5 Å². The van der Waals surface area contributed by atoms with Gasteiger partial charge in [-0.15, -0.1) is 0 Å². The molecule has 3 N–H and O–H groups in total. The second-order valence-corrected chi connectivity index (χ2v) is 8.77. The zero-order chi connectivity index (χ0) is 25.6. The number of carbonyl (C=O) groups is 1. The number of benzene rings is 1. The molecule has 0 spiro atoms. The van der Waals surface area contributed by atoms with Crippen molar-refractivity contribution >= 4 is 23.0 Å². The van der Waals surface area contributed by atoms with Crippen LogP contribution in [-0.4, -0.2) is 75.2 Å². The maximum atomic E-state index is 14.7. The maximum Gasteiger partial charge on any atom is 0.321 e. The number of hydrogen-bond acceptors (Lipinski definition) is 7. The van der Waals surface area contributed by atoms with Gasteiger partial charge < -0.3 is 15.0 Å². The van der Waals surface area contributed by atoms with Crippen LogP contribution in [0.15, 0.2) is 42.9 Å². The summed E-state index contributed by atoms with van der Waals surface area (Å²) in [6.07, 6.45) is 6.86. The highest BCUT2D eigenvalue weighted by Crippen LogP contribution is 2.33. The first-order chi connectivity index (χ1) is 18.1. The van der Waals surface area contributed by atoms with Gasteiger partial charge in [-0.25, -0.2) is 24.1 Å². The Morgan fingerprint density at radius 3 is 2.73 bits per heavy atom. The molecule has 4 heterocycles. The zero-order valence-corrected chi connectivity index (χ0v) is 20.6. The first kappa shape index (κ1) is 24.7. The van der Waals surface area contributed by atoms with Crippen molar-refractivity contribution in [2.24, 2.45) is 0 Å². The number of rotatable bonds is 8. The number of nitrogens with zero attached hydrogens (tertiary/aromatic N) is 5. The molecule has 192 valence electrons. The number of urea groups is 1. The van der Waals surface area contributed by atoms with E-state index in [2.05, 4.69) is 40.5 Å². The van der Waals surface area contributed by atoms with Gasteiger partial charge in [0.25, 0.3) is 0 Å². The summed E-state index contributed by atoms with van der Waals surface area (Å²) in [4.78, 5) is 35.4. The Kier molecular flexibility index (Phi) is 7.62. The highest BCUT2D eigenvalue weighted by molar-refractivity contribution is 5.98. The lowest BCUT2D eigenvalue weighted by Gasteiger charge is -2.26. The summed E-state index contributed by atoms with van der Waals surface area (Å²) >= 11 is 0. The van der Waals surface area contributed by atoms with Crippen molar-refractivity contribution in [1.29, 1.82) is 0 Å². The van der Waals surface area contributed by atoms with Crippen molar-refractivity contribution in [3.8, 4) is 22.4 Å². The number of halogens is 1. The van der Waals surface area contributed by atoms with E-state index in [1.807, 2.05) is 19.1 Å². The number of ether oxygens (including phenoxy) is 1. The van der Waals surface area contributed by atoms with E-state index in [1.54, 1.807) is 12.4 Å². The summed E-state index contributed by atoms with van der Waals surface area (Å²) in [5.74, 6) is 0.570. The predicted molar refractivity (Wildman–Crippen MR) is 139 cm³/mol. The van der Waals surface area contributed by atoms with Crippen LogP contribution in [-0.2, 0) is 11.2 Å². The monoisotopic (exact) mass is 504 g/mol. The summed E-state index contributed by atoms with van der Waals surface area (Å²) in [5, 5.41) is 5.33. The van der Waals surface area contributed by atoms with E-state index in [4.69, 9.17) is 4.74 Å². The topological polar surface area (TPSA) is 121 Å². The standard InChI is InChI=1S/C26H29FN8O2/c1-2-28-26(36)34-25-32-21-14-17(13-19(24(21)33-25)23-20(27)5-3-7-29-23)18-15-30-22(31-16-18)6-4-8-35-9-11-37-12-10-35/h3,5,7,13-16H,2,4,6,8-12H2,1H3,(H3,28,32,33,34,36). The number of H-pyrrole nitrogens is 1. The summed E-state index contributed by atoms with van der Waals surface area (Å²) in [6, 6.07) is 6.21. The van der Waals surface area contributed by atoms with Crippen LogP contribution in [0.1, 0.15) is 19.2 Å². The average Bonchev–Trinajstić information content (AvgIpc) is 3.32. The third-order valence-corrected chi connectivity index (χ3v) is 6.19. The Morgan fingerprint density at radius 2 is 1.97 bits per heavy atom. The number of hydrogen-bond donors (Lipinski definition) is 3. The number of morpholine rings is 1. The number of imidazole rings is 1. The number of nitrogens with one attached hydrogen (secondary N) is 3. The third kappa shape index (κ3) is 5.89. The van der Waals surface area contributed by atoms with Gasteiger partial charge in [0.2, 0.25) is 5.95 Å². The van der Waals surface area contributed by atoms with Crippen LogP contribution in [0.5, 0.6) is 0 Å². The van der Waals surface area contributed by atoms with Crippen molar-refractivity contribution in [2.45, 2.75) is 19.8 Å². The molecule has 0 radical (unpaired) electrons. The molecule has 1 saturated heterocycles. The number of carbonyl (C=O) groups excluding carboxylic acids is 1. The van der Waals surface area contributed by atoms with Crippen LogP contribution in [0.2, 0.25) is 0 Å². The number of fused-ring (bicyclic) bond motifs is 1. The van der Waals surface area contributed by atoms with Crippen molar-refractivity contribution in [1.82, 2.24) is 35.1 Å². The van der Waals surface area contributed by atoms with E-state index in [0.29, 0.717) is 23.1 Å². The van der Waals surface area contributed by atoms with Crippen LogP contribution in [0.4, 0.5) is 15.1 Å². The first-order valence-corrected chi connectivity index (χ1v) is 12.4. The Bertz CT molecular complexity index is 1370. The Balaban J connectivity index is 1.41. The van der Waals surface area contributed by atoms with Crippen molar-refractivity contribution in [2.75, 3.05) is 44.7 Å². The smallest absolute Gasteiger partial charge is 0.321 e. The molecule has 2 amide bonds. The minimum Gasteiger partial charge on any atom is -0.379 e. The van der Waals surface area contributed by atoms with E-state index in [0.717, 1.165) is 62.6 Å². The summed E-state index contributed by atoms with van der Waals surface area (Å²) in [5.41, 5.74) is 3.35. The van der Waals surface area contributed by atoms with Crippen LogP contribution in [0, 0.1) is 5.82 Å². The molecular formula is C26H29FN8O2. The SMILES string of the molecule is CCNC(=O)Nc1nc2c(-c3ncccc3F)cc(-c3cnc(CCCN4CCOCC4)nc3)cc2[nH]1. The quantitative estimate of drug-likeness (QED) is 0.335. The van der Waals surface area contributed by atoms with Crippen molar-refractivity contribution < 1.29 is 13.9 Å². The van der Waals surface area contributed by atoms with Gasteiger partial charge in [0.15, 0.2) is 0 Å². The number of pyridine rings is 1. The largest absolute Gasteiger partial charge is 0.379 e. The van der Waals surface area contributed by atoms with Crippen molar-refractivity contribution in [3.63, 3.8) is 0 Å². The van der Waals surface area contributed by atoms with Gasteiger partial charge in [0.1, 0.15) is 22.9 Å². The molecular weight excluding hydrogens is 475 g/mol. The van der Waals surface area contributed by atoms with Gasteiger partial charge in [-0.05, 0) is 49.7 Å². The lowest BCUT2D eigenvalue weighted by atomic mass is 10.0. The van der Waals surface area contributed by atoms with Crippen LogP contribution in [0.25, 0.3) is 33.4 Å². The summed E-state index contributed by atoms with van der Waals surface area (Å²) < 4.78 is 20.1. The Labute approximate surface area is 213 Å². The maximum absolute atomic E-state index is 14.7. The van der Waals surface area contributed by atoms with E-state index in [9.17, 15) is 9.18 Å². The lowest BCUT2D eigenvalue weighted by molar-refractivity contribution is 0.0374. The fourth-order valence-corrected chi connectivity index (χ4v) is 4.34. The van der Waals surface area contributed by atoms with Gasteiger partial charge in [-0.3, -0.25) is 15.2 Å². The Hall–Kier alpha value is -3.96. The van der Waals surface area contributed by atoms with Gasteiger partial charge in [0, 0.05) is 55.8 Å². The minimum atomic E-state index is -0.464. The first-order valence-electron chi connectivity index (χ1n) is 12.4. The molecule has 3 aromatic heterocycles. The molecule has 1 aliphatic heterocycles. The number of amides is 2. The molecule has 10 nitrogen and oxygen atoms in total. The van der Waals surface area contributed by atoms with E-state index >= 15 is 0 Å². The summed E-state index contributed by atoms with van der Waals surface area (Å²) in [6.45, 7) is 6.81. The average molecular weight is 505 g/mol. The molecule has 37 heavy (non-hydrogen) atoms. The number of aryl methyl sites for hydroxylation is 1. The molecule has 1 aromatic carbocycles. The third-order valence-electron chi connectivity index (χ3n) is 6.19. The van der Waals surface area contributed by atoms with Gasteiger partial charge in [-0.1, -0.05) is 0 Å². The second kappa shape index (κ2) is 11.4. The molecule has 1 fully saturated rings. The van der Waals surface area contributed by atoms with E-state index in [-0.39, 0.29) is 17.7 Å². The molecule has 11 heteroatoms. The highest BCUT2D eigenvalue weighted by atomic mass is 19.1. The van der Waals surface area contributed by atoms with Crippen LogP contribution < -0.4 is 10.6 Å². The predicted octanol–water partition coefficient (Wildman–Crippen LogP) is 3.63. The number of anilines is 1. The molecule has 0 unspecified atom stereocenters. The van der Waals surface area contributed by atoms with E-state index < -0.39 is 5.82 Å². The molecule has 0 bridgehead atoms. The molecule has 0 saturated carbocycles. The normalized spacial score (nSPS) is 14.1. The molecule has 1 aliphatic rings. The second-order valence-electron chi connectivity index (χ2n) is 8.77. The number of aromatic amines is 1. The van der Waals surface area contributed by atoms with Crippen LogP contribution in [0.3, 0.4) is 0 Å². The van der Waals surface area contributed by atoms with Crippen LogP contribution >= 0.6 is 0 Å². The minimum absolute atomic E-state index is 0.172. The van der Waals surface area contributed by atoms with Gasteiger partial charge in [-0.2, -0.15) is 0 Å². The fourth-order valence-electron chi connectivity index (χ4n) is 4.34. The van der Waals surface area contributed by atoms with Gasteiger partial charge in [0.05, 0.1) is 18.7 Å². The van der Waals surface area contributed by atoms with E-state index in [1.165, 1.54) is 18.3 Å². The molecule has 0 aliphatic carbocycles. The molecule has 0 atom stereocenters. The molecule has 4 aromatic rings. The highest BCUT2D eigenvalue weighted by Gasteiger charge is 2.17. The number of aromatic nitrogens is 5. The molecule has 5 rings (SSSR count). The summed E-state index contributed by atoms with van der Waals surface area (Å²) in [7, 11) is 0.